The van der Waals surface area contributed by atoms with Crippen molar-refractivity contribution in [3.63, 3.8) is 0 Å². The summed E-state index contributed by atoms with van der Waals surface area (Å²) in [5.74, 6) is 0. The maximum Gasteiger partial charge on any atom is 0.168 e. The lowest BCUT2D eigenvalue weighted by Gasteiger charge is -2.14. The normalized spacial score (nSPS) is 25.9. The molecule has 0 unspecified atom stereocenters. The number of hydrogen-bond donors (Lipinski definition) is 0. The zero-order chi connectivity index (χ0) is 16.7. The second-order valence-corrected chi connectivity index (χ2v) is 5.12. The van der Waals surface area contributed by atoms with E-state index in [2.05, 4.69) is 0 Å². The predicted octanol–water partition coefficient (Wildman–Crippen LogP) is 1.93. The average molecular weight is 189 g/mol. The molecule has 0 aliphatic rings. The highest BCUT2D eigenvalue weighted by Crippen LogP contribution is 2.09. The van der Waals surface area contributed by atoms with Gasteiger partial charge in [0.05, 0.1) is 0 Å². The van der Waals surface area contributed by atoms with Crippen LogP contribution in [0, 0.1) is 0 Å². The number of pyridine rings is 1. The van der Waals surface area contributed by atoms with Crippen molar-refractivity contribution >= 4 is 8.07 Å². The van der Waals surface area contributed by atoms with Gasteiger partial charge in [-0.25, -0.2) is 4.57 Å². The largest absolute Gasteiger partial charge is 0.208 e. The van der Waals surface area contributed by atoms with Crippen molar-refractivity contribution in [1.29, 1.82) is 0 Å². The minimum absolute atomic E-state index is 0.420. The molecule has 66 valence electrons. The Hall–Kier alpha value is -0.633. The van der Waals surface area contributed by atoms with Crippen molar-refractivity contribution in [3.8, 4) is 0 Å². The molecule has 0 aromatic carbocycles. The molecule has 0 atom stereocenters. The Kier molecular flexibility index (Phi) is 0.833. The molecule has 1 nitrogen and oxygen atoms in total. The van der Waals surface area contributed by atoms with Gasteiger partial charge in [-0.2, -0.15) is 0 Å². The van der Waals surface area contributed by atoms with E-state index in [1.54, 1.807) is 36.1 Å². The molecule has 1 heterocycles. The lowest BCUT2D eigenvalue weighted by atomic mass is 10.3. The number of rotatable bonds is 2. The van der Waals surface area contributed by atoms with E-state index in [1.165, 1.54) is 0 Å². The van der Waals surface area contributed by atoms with E-state index in [4.69, 9.17) is 12.3 Å². The summed E-state index contributed by atoms with van der Waals surface area (Å²) in [4.78, 5) is 0. The standard InChI is InChI=1S/C10H18NSi/c1-11-7-5-10(6-8-11)9-12(2,3)4/h5-8H,9H2,1-4H3/q+1/i2D3,3D3,4D3. The fourth-order valence-electron chi connectivity index (χ4n) is 0.956. The number of aromatic nitrogens is 1. The Morgan fingerprint density at radius 1 is 1.33 bits per heavy atom. The van der Waals surface area contributed by atoms with E-state index in [0.717, 1.165) is 0 Å². The maximum absolute atomic E-state index is 7.61. The minimum atomic E-state index is -4.67. The molecular formula is C10H18NSi+. The van der Waals surface area contributed by atoms with E-state index in [-0.39, 0.29) is 0 Å². The van der Waals surface area contributed by atoms with Crippen LogP contribution in [-0.2, 0) is 13.1 Å². The van der Waals surface area contributed by atoms with Crippen molar-refractivity contribution in [1.82, 2.24) is 0 Å². The molecule has 0 N–H and O–H groups in total. The van der Waals surface area contributed by atoms with Crippen LogP contribution < -0.4 is 4.57 Å². The fourth-order valence-corrected chi connectivity index (χ4v) is 1.80. The topological polar surface area (TPSA) is 3.88 Å². The van der Waals surface area contributed by atoms with Gasteiger partial charge in [-0.1, -0.05) is 19.4 Å². The van der Waals surface area contributed by atoms with Gasteiger partial charge < -0.3 is 0 Å². The molecule has 0 amide bonds. The quantitative estimate of drug-likeness (QED) is 0.494. The van der Waals surface area contributed by atoms with Crippen LogP contribution in [0.15, 0.2) is 24.5 Å². The molecule has 0 fully saturated rings. The first kappa shape index (κ1) is 2.95. The van der Waals surface area contributed by atoms with E-state index in [1.807, 2.05) is 0 Å². The van der Waals surface area contributed by atoms with E-state index in [9.17, 15) is 0 Å². The van der Waals surface area contributed by atoms with E-state index >= 15 is 0 Å². The van der Waals surface area contributed by atoms with Crippen LogP contribution in [0.4, 0.5) is 0 Å². The molecule has 0 saturated carbocycles. The van der Waals surface area contributed by atoms with E-state index < -0.39 is 33.5 Å². The van der Waals surface area contributed by atoms with Crippen LogP contribution in [-0.4, -0.2) is 8.07 Å². The van der Waals surface area contributed by atoms with Gasteiger partial charge in [-0.15, -0.1) is 0 Å². The zero-order valence-corrected chi connectivity index (χ0v) is 7.96. The highest BCUT2D eigenvalue weighted by Gasteiger charge is 2.13. The van der Waals surface area contributed by atoms with Crippen LogP contribution in [0.1, 0.15) is 17.9 Å². The SMILES string of the molecule is [2H]C([2H])([2H])[Si](Cc1cc[n+](C)cc1)(C([2H])([2H])[2H])C([2H])([2H])[2H]. The van der Waals surface area contributed by atoms with Gasteiger partial charge in [-0.05, 0) is 11.6 Å². The first-order valence-electron chi connectivity index (χ1n) is 8.16. The first-order valence-corrected chi connectivity index (χ1v) is 5.87. The van der Waals surface area contributed by atoms with Crippen LogP contribution in [0.3, 0.4) is 0 Å². The lowest BCUT2D eigenvalue weighted by molar-refractivity contribution is -0.671. The van der Waals surface area contributed by atoms with Gasteiger partial charge in [0.25, 0.3) is 0 Å². The summed E-state index contributed by atoms with van der Waals surface area (Å²) in [7, 11) is -2.91. The summed E-state index contributed by atoms with van der Waals surface area (Å²) in [6.07, 6.45) is 3.26. The molecule has 1 aromatic rings. The lowest BCUT2D eigenvalue weighted by Crippen LogP contribution is -2.28. The number of nitrogens with zero attached hydrogens (tertiary/aromatic N) is 1. The van der Waals surface area contributed by atoms with Gasteiger partial charge in [-0.3, -0.25) is 0 Å². The van der Waals surface area contributed by atoms with Gasteiger partial charge in [0.1, 0.15) is 7.05 Å². The number of aryl methyl sites for hydroxylation is 1. The molecule has 1 aromatic heterocycles. The second-order valence-electron chi connectivity index (χ2n) is 2.95. The monoisotopic (exact) mass is 189 g/mol. The molecule has 1 rings (SSSR count). The van der Waals surface area contributed by atoms with Gasteiger partial charge >= 0.3 is 0 Å². The molecule has 0 aliphatic heterocycles. The average Bonchev–Trinajstić information content (AvgIpc) is 2.22. The summed E-state index contributed by atoms with van der Waals surface area (Å²) < 4.78 is 70.2. The Bertz CT molecular complexity index is 449. The predicted molar refractivity (Wildman–Crippen MR) is 54.7 cm³/mol. The van der Waals surface area contributed by atoms with Crippen LogP contribution in [0.25, 0.3) is 0 Å². The summed E-state index contributed by atoms with van der Waals surface area (Å²) in [5, 5.41) is 0. The van der Waals surface area contributed by atoms with Gasteiger partial charge in [0, 0.05) is 32.5 Å². The Morgan fingerprint density at radius 3 is 2.42 bits per heavy atom. The Morgan fingerprint density at radius 2 is 1.92 bits per heavy atom. The van der Waals surface area contributed by atoms with Crippen LogP contribution >= 0.6 is 0 Å². The van der Waals surface area contributed by atoms with Gasteiger partial charge in [0.2, 0.25) is 0 Å². The highest BCUT2D eigenvalue weighted by molar-refractivity contribution is 6.75. The molecule has 0 bridgehead atoms. The molecular weight excluding hydrogens is 162 g/mol. The molecule has 0 radical (unpaired) electrons. The van der Waals surface area contributed by atoms with E-state index in [0.29, 0.717) is 5.56 Å². The molecule has 2 heteroatoms. The minimum Gasteiger partial charge on any atom is -0.208 e. The maximum atomic E-state index is 7.61. The number of hydrogen-bond acceptors (Lipinski definition) is 0. The van der Waals surface area contributed by atoms with Crippen LogP contribution in [0.5, 0.6) is 0 Å². The third kappa shape index (κ3) is 3.18. The molecule has 12 heavy (non-hydrogen) atoms. The summed E-state index contributed by atoms with van der Waals surface area (Å²) in [6, 6.07) is 2.69. The van der Waals surface area contributed by atoms with Crippen molar-refractivity contribution in [2.45, 2.75) is 25.5 Å². The van der Waals surface area contributed by atoms with Crippen molar-refractivity contribution in [3.05, 3.63) is 30.1 Å². The van der Waals surface area contributed by atoms with Crippen molar-refractivity contribution in [2.24, 2.45) is 7.05 Å². The third-order valence-corrected chi connectivity index (χ3v) is 2.46. The van der Waals surface area contributed by atoms with Crippen molar-refractivity contribution < 1.29 is 16.9 Å². The van der Waals surface area contributed by atoms with Crippen LogP contribution in [0.2, 0.25) is 19.4 Å². The second kappa shape index (κ2) is 3.40. The zero-order valence-electron chi connectivity index (χ0n) is 16.0. The summed E-state index contributed by atoms with van der Waals surface area (Å²) in [6.45, 7) is -9.04. The van der Waals surface area contributed by atoms with Gasteiger partial charge in [0.15, 0.2) is 12.4 Å². The first-order chi connectivity index (χ1) is 9.22. The van der Waals surface area contributed by atoms with Crippen molar-refractivity contribution in [2.75, 3.05) is 0 Å². The highest BCUT2D eigenvalue weighted by atomic mass is 28.3. The molecule has 0 saturated heterocycles. The summed E-state index contributed by atoms with van der Waals surface area (Å²) >= 11 is 0. The molecule has 0 aliphatic carbocycles. The Balaban J connectivity index is 3.47. The summed E-state index contributed by atoms with van der Waals surface area (Å²) in [5.41, 5.74) is 0.420. The fraction of sp³-hybridized carbons (Fsp3) is 0.500. The Labute approximate surface area is 88.7 Å². The molecule has 0 spiro atoms. The smallest absolute Gasteiger partial charge is 0.168 e. The third-order valence-electron chi connectivity index (χ3n) is 1.52.